The average Bonchev–Trinajstić information content (AvgIpc) is 3.20. The van der Waals surface area contributed by atoms with E-state index in [0.717, 1.165) is 40.6 Å². The fraction of sp³-hybridized carbons (Fsp3) is 0.214. The van der Waals surface area contributed by atoms with E-state index in [9.17, 15) is 0 Å². The van der Waals surface area contributed by atoms with Crippen molar-refractivity contribution in [1.82, 2.24) is 14.9 Å². The molecule has 0 amide bonds. The van der Waals surface area contributed by atoms with Gasteiger partial charge in [-0.3, -0.25) is 4.98 Å². The van der Waals surface area contributed by atoms with Crippen LogP contribution in [0.3, 0.4) is 0 Å². The van der Waals surface area contributed by atoms with Crippen LogP contribution in [0.15, 0.2) is 85.2 Å². The molecule has 174 valence electrons. The lowest BCUT2D eigenvalue weighted by Gasteiger charge is -2.15. The van der Waals surface area contributed by atoms with Crippen molar-refractivity contribution in [1.29, 1.82) is 0 Å². The maximum Gasteiger partial charge on any atom is 0.123 e. The first kappa shape index (κ1) is 23.5. The third-order valence-electron chi connectivity index (χ3n) is 5.54. The molecule has 5 nitrogen and oxygen atoms in total. The van der Waals surface area contributed by atoms with Crippen molar-refractivity contribution in [3.63, 3.8) is 0 Å². The van der Waals surface area contributed by atoms with E-state index in [1.807, 2.05) is 49.6 Å². The van der Waals surface area contributed by atoms with Gasteiger partial charge in [-0.1, -0.05) is 74.6 Å². The van der Waals surface area contributed by atoms with Crippen LogP contribution in [0.5, 0.6) is 0 Å². The predicted octanol–water partition coefficient (Wildman–Crippen LogP) is 6.30. The summed E-state index contributed by atoms with van der Waals surface area (Å²) in [5, 5.41) is 10.4. The van der Waals surface area contributed by atoms with Crippen LogP contribution in [0.1, 0.15) is 25.0 Å². The Bertz CT molecular complexity index is 1220. The Hall–Kier alpha value is -3.64. The number of pyridine rings is 1. The molecule has 0 unspecified atom stereocenters. The van der Waals surface area contributed by atoms with Crippen molar-refractivity contribution in [2.75, 3.05) is 24.2 Å². The molecule has 0 aliphatic carbocycles. The molecule has 0 fully saturated rings. The van der Waals surface area contributed by atoms with Crippen molar-refractivity contribution in [2.45, 2.75) is 20.4 Å². The van der Waals surface area contributed by atoms with E-state index in [1.54, 1.807) is 0 Å². The van der Waals surface area contributed by atoms with Gasteiger partial charge in [0.1, 0.15) is 10.8 Å². The fourth-order valence-corrected chi connectivity index (χ4v) is 3.99. The number of hydrogen-bond donors (Lipinski definition) is 3. The minimum Gasteiger partial charge on any atom is -0.383 e. The Kier molecular flexibility index (Phi) is 7.60. The molecule has 34 heavy (non-hydrogen) atoms. The van der Waals surface area contributed by atoms with Crippen LogP contribution in [0, 0.1) is 5.92 Å². The Morgan fingerprint density at radius 1 is 0.971 bits per heavy atom. The molecule has 6 heteroatoms. The number of hydrogen-bond acceptors (Lipinski definition) is 4. The lowest BCUT2D eigenvalue weighted by atomic mass is 10.1. The second kappa shape index (κ2) is 11.0. The van der Waals surface area contributed by atoms with Gasteiger partial charge >= 0.3 is 0 Å². The van der Waals surface area contributed by atoms with Gasteiger partial charge in [0.2, 0.25) is 0 Å². The lowest BCUT2D eigenvalue weighted by Crippen LogP contribution is -2.20. The molecule has 0 aliphatic heterocycles. The second-order valence-corrected chi connectivity index (χ2v) is 9.06. The van der Waals surface area contributed by atoms with Crippen LogP contribution in [0.25, 0.3) is 11.3 Å². The second-order valence-electron chi connectivity index (χ2n) is 8.65. The molecule has 2 aromatic carbocycles. The van der Waals surface area contributed by atoms with Gasteiger partial charge in [0.05, 0.1) is 16.9 Å². The molecule has 0 atom stereocenters. The molecule has 0 radical (unpaired) electrons. The number of nitrogens with zero attached hydrogens (tertiary/aromatic N) is 2. The lowest BCUT2D eigenvalue weighted by molar-refractivity contribution is 0.688. The number of nitrogens with one attached hydrogen (secondary N) is 3. The first-order valence-electron chi connectivity index (χ1n) is 11.6. The average molecular weight is 470 g/mol. The predicted molar refractivity (Wildman–Crippen MR) is 147 cm³/mol. The monoisotopic (exact) mass is 469 g/mol. The Balaban J connectivity index is 1.70. The molecule has 3 N–H and O–H groups in total. The summed E-state index contributed by atoms with van der Waals surface area (Å²) >= 11 is 5.73. The molecule has 0 saturated carbocycles. The maximum atomic E-state index is 5.73. The van der Waals surface area contributed by atoms with E-state index in [1.165, 1.54) is 5.56 Å². The molecule has 4 aromatic rings. The smallest absolute Gasteiger partial charge is 0.123 e. The van der Waals surface area contributed by atoms with E-state index < -0.39 is 0 Å². The zero-order chi connectivity index (χ0) is 23.9. The minimum absolute atomic E-state index is 0.518. The summed E-state index contributed by atoms with van der Waals surface area (Å²) in [6, 6.07) is 24.7. The zero-order valence-corrected chi connectivity index (χ0v) is 20.7. The standard InChI is InChI=1S/C28H31N5S/c1-20(2)17-31-25-19-33(18-21-12-14-22(15-13-21)24-11-7-8-16-30-24)27(26(25)28(34)29-3)32-23-9-5-4-6-10-23/h4-16,19-20,31-32H,17-18H2,1-3H3,(H,29,34). The molecule has 4 rings (SSSR count). The Morgan fingerprint density at radius 3 is 2.35 bits per heavy atom. The minimum atomic E-state index is 0.518. The molecule has 0 saturated heterocycles. The summed E-state index contributed by atoms with van der Waals surface area (Å²) < 4.78 is 2.23. The van der Waals surface area contributed by atoms with Crippen molar-refractivity contribution in [3.05, 3.63) is 96.3 Å². The van der Waals surface area contributed by atoms with Crippen molar-refractivity contribution in [3.8, 4) is 11.3 Å². The van der Waals surface area contributed by atoms with Crippen LogP contribution < -0.4 is 16.0 Å². The quantitative estimate of drug-likeness (QED) is 0.251. The van der Waals surface area contributed by atoms with Crippen molar-refractivity contribution >= 4 is 34.4 Å². The number of thiocarbonyl (C=S) groups is 1. The molecule has 2 aromatic heterocycles. The summed E-state index contributed by atoms with van der Waals surface area (Å²) in [5.41, 5.74) is 6.30. The van der Waals surface area contributed by atoms with Gasteiger partial charge in [0, 0.05) is 43.8 Å². The van der Waals surface area contributed by atoms with Gasteiger partial charge in [-0.2, -0.15) is 0 Å². The van der Waals surface area contributed by atoms with Crippen LogP contribution >= 0.6 is 12.2 Å². The molecular weight excluding hydrogens is 438 g/mol. The van der Waals surface area contributed by atoms with Gasteiger partial charge in [-0.15, -0.1) is 0 Å². The topological polar surface area (TPSA) is 53.9 Å². The first-order chi connectivity index (χ1) is 16.5. The highest BCUT2D eigenvalue weighted by Gasteiger charge is 2.20. The highest BCUT2D eigenvalue weighted by atomic mass is 32.1. The van der Waals surface area contributed by atoms with E-state index in [0.29, 0.717) is 17.5 Å². The number of aromatic nitrogens is 2. The normalized spacial score (nSPS) is 10.8. The van der Waals surface area contributed by atoms with Gasteiger partial charge in [-0.05, 0) is 35.7 Å². The zero-order valence-electron chi connectivity index (χ0n) is 19.9. The van der Waals surface area contributed by atoms with Gasteiger partial charge in [0.15, 0.2) is 0 Å². The van der Waals surface area contributed by atoms with Crippen LogP contribution in [0.2, 0.25) is 0 Å². The molecule has 0 spiro atoms. The van der Waals surface area contributed by atoms with Crippen molar-refractivity contribution in [2.24, 2.45) is 5.92 Å². The maximum absolute atomic E-state index is 5.73. The van der Waals surface area contributed by atoms with E-state index >= 15 is 0 Å². The number of para-hydroxylation sites is 1. The molecule has 0 bridgehead atoms. The van der Waals surface area contributed by atoms with E-state index in [-0.39, 0.29) is 0 Å². The van der Waals surface area contributed by atoms with E-state index in [2.05, 4.69) is 81.9 Å². The van der Waals surface area contributed by atoms with Crippen LogP contribution in [0.4, 0.5) is 17.2 Å². The SMILES string of the molecule is CNC(=S)c1c(NCC(C)C)cn(Cc2ccc(-c3ccccn3)cc2)c1Nc1ccccc1. The summed E-state index contributed by atoms with van der Waals surface area (Å²) in [6.07, 6.45) is 3.97. The Labute approximate surface area is 207 Å². The summed E-state index contributed by atoms with van der Waals surface area (Å²) in [5.74, 6) is 1.48. The molecular formula is C28H31N5S. The first-order valence-corrected chi connectivity index (χ1v) is 12.0. The summed E-state index contributed by atoms with van der Waals surface area (Å²) in [4.78, 5) is 5.16. The van der Waals surface area contributed by atoms with E-state index in [4.69, 9.17) is 12.2 Å². The highest BCUT2D eigenvalue weighted by Crippen LogP contribution is 2.32. The van der Waals surface area contributed by atoms with Crippen LogP contribution in [-0.2, 0) is 6.54 Å². The number of benzene rings is 2. The highest BCUT2D eigenvalue weighted by molar-refractivity contribution is 7.80. The fourth-order valence-electron chi connectivity index (χ4n) is 3.79. The third-order valence-corrected chi connectivity index (χ3v) is 5.95. The van der Waals surface area contributed by atoms with Gasteiger partial charge in [0.25, 0.3) is 0 Å². The number of anilines is 3. The molecule has 2 heterocycles. The summed E-state index contributed by atoms with van der Waals surface area (Å²) in [7, 11) is 1.87. The third kappa shape index (κ3) is 5.64. The van der Waals surface area contributed by atoms with Crippen molar-refractivity contribution < 1.29 is 0 Å². The summed E-state index contributed by atoms with van der Waals surface area (Å²) in [6.45, 7) is 5.98. The van der Waals surface area contributed by atoms with Gasteiger partial charge in [-0.25, -0.2) is 0 Å². The number of rotatable bonds is 9. The van der Waals surface area contributed by atoms with Crippen LogP contribution in [-0.4, -0.2) is 28.1 Å². The molecule has 0 aliphatic rings. The Morgan fingerprint density at radius 2 is 1.71 bits per heavy atom. The largest absolute Gasteiger partial charge is 0.383 e. The van der Waals surface area contributed by atoms with Gasteiger partial charge < -0.3 is 20.5 Å².